The van der Waals surface area contributed by atoms with Crippen LogP contribution in [0.25, 0.3) is 22.2 Å². The number of ether oxygens (including phenoxy) is 2. The van der Waals surface area contributed by atoms with Gasteiger partial charge in [0, 0.05) is 84.8 Å². The number of benzene rings is 1. The molecule has 212 valence electrons. The van der Waals surface area contributed by atoms with Crippen LogP contribution in [0, 0.1) is 0 Å². The molecule has 2 aliphatic heterocycles. The average molecular weight is 574 g/mol. The summed E-state index contributed by atoms with van der Waals surface area (Å²) in [4.78, 5) is 41.5. The van der Waals surface area contributed by atoms with Gasteiger partial charge in [0.05, 0.1) is 0 Å². The SMILES string of the molecule is CC(C)(C)OC(=O)N1CCN(C(=O)C2Cc3cc(Cl)cc(-c4ccnc5[nH]c(Cc6cccnc6)cc45)c3O2)CC1. The number of hydrogen-bond acceptors (Lipinski definition) is 6. The Kier molecular flexibility index (Phi) is 7.07. The fourth-order valence-corrected chi connectivity index (χ4v) is 5.68. The summed E-state index contributed by atoms with van der Waals surface area (Å²) in [6.45, 7) is 7.21. The van der Waals surface area contributed by atoms with E-state index in [1.165, 1.54) is 0 Å². The average Bonchev–Trinajstić information content (AvgIpc) is 3.55. The van der Waals surface area contributed by atoms with Crippen molar-refractivity contribution in [3.63, 3.8) is 0 Å². The Morgan fingerprint density at radius 2 is 1.85 bits per heavy atom. The lowest BCUT2D eigenvalue weighted by atomic mass is 9.99. The molecule has 2 aliphatic rings. The van der Waals surface area contributed by atoms with E-state index >= 15 is 0 Å². The third-order valence-corrected chi connectivity index (χ3v) is 7.53. The number of piperazine rings is 1. The van der Waals surface area contributed by atoms with Gasteiger partial charge in [-0.1, -0.05) is 17.7 Å². The maximum absolute atomic E-state index is 13.5. The number of nitrogens with zero attached hydrogens (tertiary/aromatic N) is 4. The molecule has 0 spiro atoms. The number of nitrogens with one attached hydrogen (secondary N) is 1. The number of amides is 2. The predicted molar refractivity (Wildman–Crippen MR) is 156 cm³/mol. The molecular formula is C31H32ClN5O4. The highest BCUT2D eigenvalue weighted by Crippen LogP contribution is 2.43. The highest BCUT2D eigenvalue weighted by Gasteiger charge is 2.36. The monoisotopic (exact) mass is 573 g/mol. The molecule has 0 aliphatic carbocycles. The van der Waals surface area contributed by atoms with Crippen LogP contribution >= 0.6 is 11.6 Å². The molecule has 4 aromatic rings. The number of carbonyl (C=O) groups excluding carboxylic acids is 2. The summed E-state index contributed by atoms with van der Waals surface area (Å²) in [7, 11) is 0. The first-order valence-electron chi connectivity index (χ1n) is 13.8. The van der Waals surface area contributed by atoms with Gasteiger partial charge in [-0.2, -0.15) is 0 Å². The van der Waals surface area contributed by atoms with Gasteiger partial charge in [-0.3, -0.25) is 9.78 Å². The highest BCUT2D eigenvalue weighted by atomic mass is 35.5. The van der Waals surface area contributed by atoms with Crippen molar-refractivity contribution in [1.82, 2.24) is 24.8 Å². The molecule has 6 rings (SSSR count). The summed E-state index contributed by atoms with van der Waals surface area (Å²) in [5.41, 5.74) is 4.98. The van der Waals surface area contributed by atoms with Crippen molar-refractivity contribution in [2.45, 2.75) is 45.3 Å². The van der Waals surface area contributed by atoms with Gasteiger partial charge in [-0.05, 0) is 62.2 Å². The van der Waals surface area contributed by atoms with E-state index in [0.717, 1.165) is 39.0 Å². The van der Waals surface area contributed by atoms with Gasteiger partial charge in [0.15, 0.2) is 6.10 Å². The number of carbonyl (C=O) groups is 2. The maximum Gasteiger partial charge on any atom is 0.410 e. The zero-order chi connectivity index (χ0) is 28.7. The highest BCUT2D eigenvalue weighted by molar-refractivity contribution is 6.31. The standard InChI is InChI=1S/C31H32ClN5O4/c1-31(2,3)41-30(39)37-11-9-36(10-12-37)29(38)26-15-20-14-21(32)16-24(27(20)40-26)23-6-8-34-28-25(23)17-22(35-28)13-19-5-4-7-33-18-19/h4-8,14,16-18,26H,9-13,15H2,1-3H3,(H,34,35). The van der Waals surface area contributed by atoms with Gasteiger partial charge in [-0.25, -0.2) is 9.78 Å². The van der Waals surface area contributed by atoms with Gasteiger partial charge in [0.1, 0.15) is 17.0 Å². The smallest absolute Gasteiger partial charge is 0.410 e. The van der Waals surface area contributed by atoms with E-state index < -0.39 is 11.7 Å². The largest absolute Gasteiger partial charge is 0.479 e. The molecule has 0 radical (unpaired) electrons. The Labute approximate surface area is 243 Å². The van der Waals surface area contributed by atoms with Crippen LogP contribution in [0.1, 0.15) is 37.6 Å². The first kappa shape index (κ1) is 27.1. The molecule has 1 N–H and O–H groups in total. The van der Waals surface area contributed by atoms with Gasteiger partial charge in [0.25, 0.3) is 5.91 Å². The summed E-state index contributed by atoms with van der Waals surface area (Å²) in [5.74, 6) is 0.579. The summed E-state index contributed by atoms with van der Waals surface area (Å²) in [5, 5.41) is 1.53. The molecule has 5 heterocycles. The Balaban J connectivity index is 1.21. The zero-order valence-electron chi connectivity index (χ0n) is 23.3. The molecule has 1 unspecified atom stereocenters. The minimum absolute atomic E-state index is 0.0904. The zero-order valence-corrected chi connectivity index (χ0v) is 24.1. The number of rotatable bonds is 4. The number of H-pyrrole nitrogens is 1. The van der Waals surface area contributed by atoms with E-state index in [0.29, 0.717) is 49.8 Å². The van der Waals surface area contributed by atoms with Crippen molar-refractivity contribution in [3.05, 3.63) is 76.8 Å². The van der Waals surface area contributed by atoms with Crippen LogP contribution in [0.2, 0.25) is 5.02 Å². The fraction of sp³-hybridized carbons (Fsp3) is 0.355. The maximum atomic E-state index is 13.5. The summed E-state index contributed by atoms with van der Waals surface area (Å²) in [6.07, 6.45) is 5.50. The number of aromatic nitrogens is 3. The summed E-state index contributed by atoms with van der Waals surface area (Å²) in [6, 6.07) is 11.8. The Morgan fingerprint density at radius 1 is 1.07 bits per heavy atom. The summed E-state index contributed by atoms with van der Waals surface area (Å²) < 4.78 is 11.8. The summed E-state index contributed by atoms with van der Waals surface area (Å²) >= 11 is 6.58. The minimum Gasteiger partial charge on any atom is -0.479 e. The molecule has 0 saturated carbocycles. The van der Waals surface area contributed by atoms with Crippen LogP contribution in [0.4, 0.5) is 4.79 Å². The second kappa shape index (κ2) is 10.7. The molecule has 1 aromatic carbocycles. The van der Waals surface area contributed by atoms with E-state index in [4.69, 9.17) is 21.1 Å². The van der Waals surface area contributed by atoms with E-state index in [2.05, 4.69) is 21.0 Å². The molecule has 1 fully saturated rings. The van der Waals surface area contributed by atoms with Crippen molar-refractivity contribution < 1.29 is 19.1 Å². The molecule has 1 atom stereocenters. The van der Waals surface area contributed by atoms with E-state index in [-0.39, 0.29) is 12.0 Å². The molecule has 3 aromatic heterocycles. The molecule has 41 heavy (non-hydrogen) atoms. The molecule has 9 nitrogen and oxygen atoms in total. The van der Waals surface area contributed by atoms with Crippen molar-refractivity contribution >= 4 is 34.6 Å². The first-order chi connectivity index (χ1) is 19.6. The van der Waals surface area contributed by atoms with Crippen LogP contribution in [-0.2, 0) is 22.4 Å². The van der Waals surface area contributed by atoms with Gasteiger partial charge >= 0.3 is 6.09 Å². The lowest BCUT2D eigenvalue weighted by Gasteiger charge is -2.36. The van der Waals surface area contributed by atoms with E-state index in [1.54, 1.807) is 22.2 Å². The van der Waals surface area contributed by atoms with Crippen molar-refractivity contribution in [2.75, 3.05) is 26.2 Å². The second-order valence-corrected chi connectivity index (χ2v) is 11.9. The molecule has 2 amide bonds. The van der Waals surface area contributed by atoms with Crippen LogP contribution in [0.3, 0.4) is 0 Å². The fourth-order valence-electron chi connectivity index (χ4n) is 5.44. The third-order valence-electron chi connectivity index (χ3n) is 7.31. The van der Waals surface area contributed by atoms with Crippen LogP contribution in [0.15, 0.2) is 55.0 Å². The minimum atomic E-state index is -0.653. The number of fused-ring (bicyclic) bond motifs is 2. The number of aromatic amines is 1. The van der Waals surface area contributed by atoms with Gasteiger partial charge in [-0.15, -0.1) is 0 Å². The number of hydrogen-bond donors (Lipinski definition) is 1. The second-order valence-electron chi connectivity index (χ2n) is 11.5. The van der Waals surface area contributed by atoms with Crippen LogP contribution in [0.5, 0.6) is 5.75 Å². The third kappa shape index (κ3) is 5.72. The van der Waals surface area contributed by atoms with Crippen molar-refractivity contribution in [3.8, 4) is 16.9 Å². The van der Waals surface area contributed by atoms with Gasteiger partial charge < -0.3 is 24.3 Å². The lowest BCUT2D eigenvalue weighted by molar-refractivity contribution is -0.139. The van der Waals surface area contributed by atoms with Crippen LogP contribution in [-0.4, -0.2) is 74.6 Å². The molecule has 1 saturated heterocycles. The normalized spacial score (nSPS) is 16.9. The molecule has 0 bridgehead atoms. The van der Waals surface area contributed by atoms with E-state index in [1.807, 2.05) is 57.3 Å². The van der Waals surface area contributed by atoms with Crippen LogP contribution < -0.4 is 4.74 Å². The van der Waals surface area contributed by atoms with Crippen molar-refractivity contribution in [2.24, 2.45) is 0 Å². The molecule has 10 heteroatoms. The molecular weight excluding hydrogens is 542 g/mol. The predicted octanol–water partition coefficient (Wildman–Crippen LogP) is 5.25. The van der Waals surface area contributed by atoms with E-state index in [9.17, 15) is 9.59 Å². The lowest BCUT2D eigenvalue weighted by Crippen LogP contribution is -2.54. The van der Waals surface area contributed by atoms with Crippen molar-refractivity contribution in [1.29, 1.82) is 0 Å². The Hall–Kier alpha value is -4.11. The number of pyridine rings is 2. The first-order valence-corrected chi connectivity index (χ1v) is 14.1. The Bertz CT molecular complexity index is 1610. The van der Waals surface area contributed by atoms with Gasteiger partial charge in [0.2, 0.25) is 0 Å². The number of halogens is 1. The quantitative estimate of drug-likeness (QED) is 0.358. The topological polar surface area (TPSA) is 101 Å². The Morgan fingerprint density at radius 3 is 2.59 bits per heavy atom.